The normalized spacial score (nSPS) is 11.7. The van der Waals surface area contributed by atoms with E-state index in [0.29, 0.717) is 11.3 Å². The lowest BCUT2D eigenvalue weighted by Crippen LogP contribution is -2.16. The van der Waals surface area contributed by atoms with Crippen molar-refractivity contribution in [3.8, 4) is 0 Å². The molecule has 114 valence electrons. The van der Waals surface area contributed by atoms with E-state index in [-0.39, 0.29) is 27.9 Å². The van der Waals surface area contributed by atoms with Crippen molar-refractivity contribution in [2.75, 3.05) is 4.72 Å². The number of aryl methyl sites for hydroxylation is 2. The van der Waals surface area contributed by atoms with Gasteiger partial charge in [-0.25, -0.2) is 12.8 Å². The van der Waals surface area contributed by atoms with Gasteiger partial charge in [0.15, 0.2) is 0 Å². The number of nitrogens with one attached hydrogen (secondary N) is 1. The number of nitrogens with two attached hydrogens (primary N) is 1. The van der Waals surface area contributed by atoms with Gasteiger partial charge in [0.25, 0.3) is 10.0 Å². The molecule has 2 aromatic rings. The van der Waals surface area contributed by atoms with Crippen LogP contribution < -0.4 is 10.5 Å². The van der Waals surface area contributed by atoms with Gasteiger partial charge >= 0.3 is 0 Å². The Bertz CT molecular complexity index is 787. The van der Waals surface area contributed by atoms with Gasteiger partial charge in [-0.15, -0.1) is 0 Å². The topological polar surface area (TPSA) is 85.3 Å². The van der Waals surface area contributed by atoms with E-state index in [0.717, 1.165) is 12.1 Å². The van der Waals surface area contributed by atoms with Gasteiger partial charge in [-0.1, -0.05) is 11.6 Å². The van der Waals surface area contributed by atoms with Crippen molar-refractivity contribution in [2.45, 2.75) is 25.3 Å². The van der Waals surface area contributed by atoms with E-state index in [9.17, 15) is 12.8 Å². The summed E-state index contributed by atoms with van der Waals surface area (Å²) in [5, 5.41) is -0.0363. The maximum absolute atomic E-state index is 13.0. The number of sulfonamides is 1. The Balaban J connectivity index is 2.48. The fourth-order valence-electron chi connectivity index (χ4n) is 2.07. The lowest BCUT2D eigenvalue weighted by atomic mass is 10.2. The van der Waals surface area contributed by atoms with E-state index in [2.05, 4.69) is 4.72 Å². The second-order valence-electron chi connectivity index (χ2n) is 4.46. The van der Waals surface area contributed by atoms with Crippen LogP contribution in [-0.4, -0.2) is 8.42 Å². The lowest BCUT2D eigenvalue weighted by molar-refractivity contribution is 0.494. The predicted molar refractivity (Wildman–Crippen MR) is 78.3 cm³/mol. The molecule has 0 bridgehead atoms. The first-order valence-corrected chi connectivity index (χ1v) is 7.89. The molecule has 0 fully saturated rings. The summed E-state index contributed by atoms with van der Waals surface area (Å²) in [6.45, 7) is 3.20. The summed E-state index contributed by atoms with van der Waals surface area (Å²) >= 11 is 5.83. The van der Waals surface area contributed by atoms with Crippen LogP contribution in [0.25, 0.3) is 0 Å². The van der Waals surface area contributed by atoms with Crippen LogP contribution in [0, 0.1) is 19.7 Å². The molecule has 8 heteroatoms. The van der Waals surface area contributed by atoms with E-state index >= 15 is 0 Å². The SMILES string of the molecule is Cc1oc(C)c(S(=O)(=O)Nc2ccc(F)cc2Cl)c1CN. The van der Waals surface area contributed by atoms with Gasteiger partial charge in [-0.2, -0.15) is 0 Å². The fraction of sp³-hybridized carbons (Fsp3) is 0.231. The Kier molecular flexibility index (Phi) is 4.27. The Labute approximate surface area is 126 Å². The summed E-state index contributed by atoms with van der Waals surface area (Å²) in [5.74, 6) is 0.125. The number of furan rings is 1. The molecule has 3 N–H and O–H groups in total. The van der Waals surface area contributed by atoms with Gasteiger partial charge in [0.1, 0.15) is 22.2 Å². The van der Waals surface area contributed by atoms with Gasteiger partial charge in [-0.05, 0) is 32.0 Å². The van der Waals surface area contributed by atoms with Crippen LogP contribution in [0.1, 0.15) is 17.1 Å². The molecule has 1 aromatic heterocycles. The van der Waals surface area contributed by atoms with Gasteiger partial charge < -0.3 is 10.2 Å². The Morgan fingerprint density at radius 1 is 1.33 bits per heavy atom. The monoisotopic (exact) mass is 332 g/mol. The highest BCUT2D eigenvalue weighted by atomic mass is 35.5. The van der Waals surface area contributed by atoms with Gasteiger partial charge in [-0.3, -0.25) is 4.72 Å². The van der Waals surface area contributed by atoms with E-state index < -0.39 is 15.8 Å². The number of benzene rings is 1. The molecule has 0 atom stereocenters. The molecule has 0 aliphatic rings. The van der Waals surface area contributed by atoms with Crippen molar-refractivity contribution >= 4 is 27.3 Å². The van der Waals surface area contributed by atoms with Crippen molar-refractivity contribution in [1.29, 1.82) is 0 Å². The summed E-state index contributed by atoms with van der Waals surface area (Å²) in [4.78, 5) is -0.0112. The zero-order chi connectivity index (χ0) is 15.8. The number of hydrogen-bond acceptors (Lipinski definition) is 4. The summed E-state index contributed by atoms with van der Waals surface area (Å²) in [7, 11) is -3.93. The first-order valence-electron chi connectivity index (χ1n) is 6.03. The minimum absolute atomic E-state index is 0.0112. The largest absolute Gasteiger partial charge is 0.465 e. The van der Waals surface area contributed by atoms with Crippen molar-refractivity contribution < 1.29 is 17.2 Å². The Morgan fingerprint density at radius 2 is 2.00 bits per heavy atom. The predicted octanol–water partition coefficient (Wildman–Crippen LogP) is 2.95. The molecule has 0 radical (unpaired) electrons. The van der Waals surface area contributed by atoms with Crippen LogP contribution in [0.3, 0.4) is 0 Å². The van der Waals surface area contributed by atoms with Crippen LogP contribution >= 0.6 is 11.6 Å². The first-order chi connectivity index (χ1) is 9.76. The maximum atomic E-state index is 13.0. The second-order valence-corrected chi connectivity index (χ2v) is 6.48. The molecule has 0 amide bonds. The van der Waals surface area contributed by atoms with E-state index in [1.54, 1.807) is 6.92 Å². The van der Waals surface area contributed by atoms with Gasteiger partial charge in [0, 0.05) is 12.1 Å². The molecule has 0 saturated carbocycles. The third-order valence-corrected chi connectivity index (χ3v) is 4.85. The van der Waals surface area contributed by atoms with Crippen molar-refractivity contribution in [2.24, 2.45) is 5.73 Å². The maximum Gasteiger partial charge on any atom is 0.265 e. The third kappa shape index (κ3) is 3.04. The van der Waals surface area contributed by atoms with Crippen LogP contribution in [0.2, 0.25) is 5.02 Å². The minimum atomic E-state index is -3.93. The van der Waals surface area contributed by atoms with E-state index in [1.807, 2.05) is 0 Å². The molecule has 1 heterocycles. The zero-order valence-corrected chi connectivity index (χ0v) is 13.0. The minimum Gasteiger partial charge on any atom is -0.465 e. The molecule has 0 saturated heterocycles. The fourth-order valence-corrected chi connectivity index (χ4v) is 3.88. The molecule has 5 nitrogen and oxygen atoms in total. The van der Waals surface area contributed by atoms with Crippen LogP contribution in [0.5, 0.6) is 0 Å². The zero-order valence-electron chi connectivity index (χ0n) is 11.4. The van der Waals surface area contributed by atoms with Crippen molar-refractivity contribution in [3.05, 3.63) is 46.1 Å². The summed E-state index contributed by atoms with van der Waals surface area (Å²) in [6.07, 6.45) is 0. The smallest absolute Gasteiger partial charge is 0.265 e. The summed E-state index contributed by atoms with van der Waals surface area (Å²) in [5.41, 5.74) is 6.06. The second kappa shape index (κ2) is 5.67. The van der Waals surface area contributed by atoms with Crippen LogP contribution in [-0.2, 0) is 16.6 Å². The molecular formula is C13H14ClFN2O3S. The molecule has 0 aliphatic carbocycles. The Morgan fingerprint density at radius 3 is 2.57 bits per heavy atom. The van der Waals surface area contributed by atoms with Gasteiger partial charge in [0.2, 0.25) is 0 Å². The van der Waals surface area contributed by atoms with E-state index in [4.69, 9.17) is 21.8 Å². The molecule has 1 aromatic carbocycles. The number of anilines is 1. The van der Waals surface area contributed by atoms with Crippen molar-refractivity contribution in [1.82, 2.24) is 0 Å². The van der Waals surface area contributed by atoms with Crippen molar-refractivity contribution in [3.63, 3.8) is 0 Å². The summed E-state index contributed by atoms with van der Waals surface area (Å²) < 4.78 is 45.6. The lowest BCUT2D eigenvalue weighted by Gasteiger charge is -2.10. The van der Waals surface area contributed by atoms with E-state index in [1.165, 1.54) is 13.0 Å². The molecular weight excluding hydrogens is 319 g/mol. The number of rotatable bonds is 4. The average molecular weight is 333 g/mol. The molecule has 0 aliphatic heterocycles. The third-order valence-electron chi connectivity index (χ3n) is 2.97. The quantitative estimate of drug-likeness (QED) is 0.901. The highest BCUT2D eigenvalue weighted by molar-refractivity contribution is 7.92. The van der Waals surface area contributed by atoms with Crippen LogP contribution in [0.4, 0.5) is 10.1 Å². The average Bonchev–Trinajstić information content (AvgIpc) is 2.67. The number of halogens is 2. The molecule has 21 heavy (non-hydrogen) atoms. The molecule has 0 spiro atoms. The van der Waals surface area contributed by atoms with Crippen LogP contribution in [0.15, 0.2) is 27.5 Å². The van der Waals surface area contributed by atoms with Gasteiger partial charge in [0.05, 0.1) is 10.7 Å². The Hall–Kier alpha value is -1.57. The highest BCUT2D eigenvalue weighted by Gasteiger charge is 2.26. The number of hydrogen-bond donors (Lipinski definition) is 2. The highest BCUT2D eigenvalue weighted by Crippen LogP contribution is 2.30. The first kappa shape index (κ1) is 15.8. The standard InChI is InChI=1S/C13H14ClFN2O3S/c1-7-10(6-16)13(8(2)20-7)21(18,19)17-12-4-3-9(15)5-11(12)14/h3-5,17H,6,16H2,1-2H3. The summed E-state index contributed by atoms with van der Waals surface area (Å²) in [6, 6.07) is 3.39. The molecule has 0 unspecified atom stereocenters. The molecule has 2 rings (SSSR count).